The average Bonchev–Trinajstić information content (AvgIpc) is 3.22. The zero-order valence-electron chi connectivity index (χ0n) is 16.4. The number of amides is 1. The molecule has 4 rings (SSSR count). The highest BCUT2D eigenvalue weighted by Gasteiger charge is 2.31. The van der Waals surface area contributed by atoms with Gasteiger partial charge in [0.05, 0.1) is 6.20 Å². The first-order valence-electron chi connectivity index (χ1n) is 9.95. The number of rotatable bonds is 6. The van der Waals surface area contributed by atoms with Crippen LogP contribution < -0.4 is 4.74 Å². The quantitative estimate of drug-likeness (QED) is 0.590. The number of likely N-dealkylation sites (tertiary alicyclic amines) is 1. The fraction of sp³-hybridized carbons (Fsp3) is 0.304. The first-order chi connectivity index (χ1) is 14.6. The lowest BCUT2D eigenvalue weighted by Crippen LogP contribution is -2.41. The Morgan fingerprint density at radius 2 is 1.97 bits per heavy atom. The fourth-order valence-electron chi connectivity index (χ4n) is 3.63. The summed E-state index contributed by atoms with van der Waals surface area (Å²) in [6.45, 7) is 0.411. The van der Waals surface area contributed by atoms with Gasteiger partial charge < -0.3 is 14.1 Å². The Labute approximate surface area is 173 Å². The summed E-state index contributed by atoms with van der Waals surface area (Å²) in [6.07, 6.45) is 4.76. The topological polar surface area (TPSA) is 55.6 Å². The van der Waals surface area contributed by atoms with Crippen molar-refractivity contribution in [2.75, 3.05) is 13.2 Å². The molecule has 1 aromatic heterocycles. The van der Waals surface area contributed by atoms with Gasteiger partial charge in [0.1, 0.15) is 29.2 Å². The van der Waals surface area contributed by atoms with Crippen LogP contribution >= 0.6 is 0 Å². The summed E-state index contributed by atoms with van der Waals surface area (Å²) in [7, 11) is 0. The number of oxazole rings is 1. The average molecular weight is 412 g/mol. The predicted octanol–water partition coefficient (Wildman–Crippen LogP) is 4.68. The number of hydrogen-bond donors (Lipinski definition) is 0. The van der Waals surface area contributed by atoms with Crippen LogP contribution in [0.15, 0.2) is 59.1 Å². The molecule has 0 radical (unpaired) electrons. The van der Waals surface area contributed by atoms with Crippen molar-refractivity contribution in [1.29, 1.82) is 0 Å². The zero-order chi connectivity index (χ0) is 20.9. The Balaban J connectivity index is 1.42. The summed E-state index contributed by atoms with van der Waals surface area (Å²) in [6, 6.07) is 11.7. The third-order valence-corrected chi connectivity index (χ3v) is 5.13. The lowest BCUT2D eigenvalue weighted by molar-refractivity contribution is -0.137. The molecule has 1 fully saturated rings. The number of piperidine rings is 1. The second-order valence-corrected chi connectivity index (χ2v) is 7.31. The van der Waals surface area contributed by atoms with E-state index in [1.165, 1.54) is 30.3 Å². The van der Waals surface area contributed by atoms with Gasteiger partial charge in [-0.1, -0.05) is 18.2 Å². The van der Waals surface area contributed by atoms with Crippen LogP contribution in [0.2, 0.25) is 0 Å². The van der Waals surface area contributed by atoms with Gasteiger partial charge in [-0.15, -0.1) is 0 Å². The fourth-order valence-corrected chi connectivity index (χ4v) is 3.63. The molecule has 0 aliphatic carbocycles. The molecule has 5 nitrogen and oxygen atoms in total. The van der Waals surface area contributed by atoms with Gasteiger partial charge in [0.25, 0.3) is 5.91 Å². The predicted molar refractivity (Wildman–Crippen MR) is 106 cm³/mol. The molecular formula is C23H22F2N2O3. The maximum atomic E-state index is 13.3. The van der Waals surface area contributed by atoms with Crippen molar-refractivity contribution in [3.63, 3.8) is 0 Å². The molecule has 2 aromatic carbocycles. The summed E-state index contributed by atoms with van der Waals surface area (Å²) < 4.78 is 37.8. The van der Waals surface area contributed by atoms with E-state index in [-0.39, 0.29) is 24.4 Å². The normalized spacial score (nSPS) is 16.5. The van der Waals surface area contributed by atoms with Crippen molar-refractivity contribution in [3.8, 4) is 5.75 Å². The molecule has 1 atom stereocenters. The second kappa shape index (κ2) is 9.07. The maximum Gasteiger partial charge on any atom is 0.261 e. The van der Waals surface area contributed by atoms with Crippen molar-refractivity contribution in [2.45, 2.75) is 31.7 Å². The minimum absolute atomic E-state index is 0.177. The third kappa shape index (κ3) is 4.84. The highest BCUT2D eigenvalue weighted by molar-refractivity contribution is 5.78. The molecule has 0 spiro atoms. The molecule has 1 saturated heterocycles. The van der Waals surface area contributed by atoms with Crippen molar-refractivity contribution in [1.82, 2.24) is 9.88 Å². The van der Waals surface area contributed by atoms with Crippen molar-refractivity contribution in [2.24, 2.45) is 0 Å². The van der Waals surface area contributed by atoms with Crippen LogP contribution in [0.5, 0.6) is 5.75 Å². The standard InChI is InChI=1S/C23H22F2N2O3/c24-17-9-7-16(8-10-17)12-20-14-26-23(30-20)21-6-1-2-11-27(21)22(28)15-29-19-5-3-4-18(25)13-19/h3-5,7-10,13-14,21H,1-2,6,11-12,15H2. The van der Waals surface area contributed by atoms with E-state index in [0.29, 0.717) is 30.4 Å². The molecule has 30 heavy (non-hydrogen) atoms. The molecule has 1 unspecified atom stereocenters. The molecule has 3 aromatic rings. The molecule has 2 heterocycles. The molecular weight excluding hydrogens is 390 g/mol. The van der Waals surface area contributed by atoms with E-state index in [9.17, 15) is 13.6 Å². The van der Waals surface area contributed by atoms with Gasteiger partial charge in [0, 0.05) is 19.0 Å². The van der Waals surface area contributed by atoms with Crippen LogP contribution in [-0.2, 0) is 11.2 Å². The molecule has 1 amide bonds. The van der Waals surface area contributed by atoms with Crippen LogP contribution in [-0.4, -0.2) is 28.9 Å². The summed E-state index contributed by atoms with van der Waals surface area (Å²) in [5, 5.41) is 0. The zero-order valence-corrected chi connectivity index (χ0v) is 16.4. The second-order valence-electron chi connectivity index (χ2n) is 7.31. The lowest BCUT2D eigenvalue weighted by Gasteiger charge is -2.33. The summed E-state index contributed by atoms with van der Waals surface area (Å²) >= 11 is 0. The number of benzene rings is 2. The van der Waals surface area contributed by atoms with Gasteiger partial charge in [-0.3, -0.25) is 4.79 Å². The van der Waals surface area contributed by atoms with E-state index >= 15 is 0 Å². The van der Waals surface area contributed by atoms with E-state index in [1.54, 1.807) is 29.3 Å². The Hall–Kier alpha value is -3.22. The summed E-state index contributed by atoms with van der Waals surface area (Å²) in [5.74, 6) is 0.575. The minimum atomic E-state index is -0.413. The van der Waals surface area contributed by atoms with E-state index in [2.05, 4.69) is 4.98 Å². The van der Waals surface area contributed by atoms with Crippen molar-refractivity contribution >= 4 is 5.91 Å². The first-order valence-corrected chi connectivity index (χ1v) is 9.95. The molecule has 0 saturated carbocycles. The minimum Gasteiger partial charge on any atom is -0.484 e. The van der Waals surface area contributed by atoms with Gasteiger partial charge in [-0.05, 0) is 49.1 Å². The number of ether oxygens (including phenoxy) is 1. The Kier molecular flexibility index (Phi) is 6.07. The highest BCUT2D eigenvalue weighted by atomic mass is 19.1. The summed E-state index contributed by atoms with van der Waals surface area (Å²) in [5.41, 5.74) is 0.916. The smallest absolute Gasteiger partial charge is 0.261 e. The number of carbonyl (C=O) groups is 1. The number of aromatic nitrogens is 1. The first kappa shape index (κ1) is 20.1. The number of nitrogens with zero attached hydrogens (tertiary/aromatic N) is 2. The van der Waals surface area contributed by atoms with Gasteiger partial charge in [-0.2, -0.15) is 0 Å². The van der Waals surface area contributed by atoms with Gasteiger partial charge >= 0.3 is 0 Å². The Morgan fingerprint density at radius 1 is 1.13 bits per heavy atom. The highest BCUT2D eigenvalue weighted by Crippen LogP contribution is 2.31. The number of carbonyl (C=O) groups excluding carboxylic acids is 1. The van der Waals surface area contributed by atoms with E-state index in [1.807, 2.05) is 0 Å². The summed E-state index contributed by atoms with van der Waals surface area (Å²) in [4.78, 5) is 18.9. The number of hydrogen-bond acceptors (Lipinski definition) is 4. The maximum absolute atomic E-state index is 13.3. The molecule has 156 valence electrons. The SMILES string of the molecule is O=C(COc1cccc(F)c1)N1CCCCC1c1ncc(Cc2ccc(F)cc2)o1. The molecule has 0 N–H and O–H groups in total. The van der Waals surface area contributed by atoms with Crippen LogP contribution in [0, 0.1) is 11.6 Å². The molecule has 7 heteroatoms. The van der Waals surface area contributed by atoms with Crippen LogP contribution in [0.1, 0.15) is 42.5 Å². The molecule has 1 aliphatic rings. The number of halogens is 2. The van der Waals surface area contributed by atoms with E-state index in [4.69, 9.17) is 9.15 Å². The molecule has 1 aliphatic heterocycles. The Morgan fingerprint density at radius 3 is 2.77 bits per heavy atom. The van der Waals surface area contributed by atoms with E-state index in [0.717, 1.165) is 24.8 Å². The van der Waals surface area contributed by atoms with Gasteiger partial charge in [0.15, 0.2) is 6.61 Å². The monoisotopic (exact) mass is 412 g/mol. The van der Waals surface area contributed by atoms with Gasteiger partial charge in [-0.25, -0.2) is 13.8 Å². The van der Waals surface area contributed by atoms with Gasteiger partial charge in [0.2, 0.25) is 5.89 Å². The van der Waals surface area contributed by atoms with Crippen LogP contribution in [0.3, 0.4) is 0 Å². The molecule has 0 bridgehead atoms. The lowest BCUT2D eigenvalue weighted by atomic mass is 10.0. The third-order valence-electron chi connectivity index (χ3n) is 5.13. The van der Waals surface area contributed by atoms with Crippen molar-refractivity contribution in [3.05, 3.63) is 83.6 Å². The van der Waals surface area contributed by atoms with Crippen LogP contribution in [0.4, 0.5) is 8.78 Å². The van der Waals surface area contributed by atoms with Crippen LogP contribution in [0.25, 0.3) is 0 Å². The Bertz CT molecular complexity index is 1000. The van der Waals surface area contributed by atoms with E-state index < -0.39 is 5.82 Å². The largest absolute Gasteiger partial charge is 0.484 e. The van der Waals surface area contributed by atoms with Crippen molar-refractivity contribution < 1.29 is 22.7 Å².